The van der Waals surface area contributed by atoms with Crippen LogP contribution in [0.4, 0.5) is 5.82 Å². The maximum atomic E-state index is 13.5. The van der Waals surface area contributed by atoms with Gasteiger partial charge < -0.3 is 5.32 Å². The lowest BCUT2D eigenvalue weighted by Gasteiger charge is -2.33. The van der Waals surface area contributed by atoms with Crippen LogP contribution in [-0.4, -0.2) is 25.2 Å². The summed E-state index contributed by atoms with van der Waals surface area (Å²) in [6.07, 6.45) is 6.17. The van der Waals surface area contributed by atoms with E-state index in [0.29, 0.717) is 23.5 Å². The van der Waals surface area contributed by atoms with Crippen LogP contribution in [0.15, 0.2) is 17.3 Å². The van der Waals surface area contributed by atoms with Crippen molar-refractivity contribution in [2.24, 2.45) is 18.4 Å². The Bertz CT molecular complexity index is 1290. The van der Waals surface area contributed by atoms with Gasteiger partial charge in [0.2, 0.25) is 5.91 Å². The van der Waals surface area contributed by atoms with Gasteiger partial charge in [-0.1, -0.05) is 27.7 Å². The largest absolute Gasteiger partial charge is 0.308 e. The highest BCUT2D eigenvalue weighted by Crippen LogP contribution is 2.42. The predicted molar refractivity (Wildman–Crippen MR) is 125 cm³/mol. The van der Waals surface area contributed by atoms with Gasteiger partial charge in [-0.15, -0.1) is 11.3 Å². The van der Waals surface area contributed by atoms with Crippen LogP contribution in [0.3, 0.4) is 0 Å². The molecule has 4 rings (SSSR count). The summed E-state index contributed by atoms with van der Waals surface area (Å²) in [7, 11) is 1.65. The van der Waals surface area contributed by atoms with Crippen molar-refractivity contribution in [3.8, 4) is 6.07 Å². The van der Waals surface area contributed by atoms with Crippen LogP contribution in [0, 0.1) is 22.7 Å². The normalized spacial score (nSPS) is 17.1. The van der Waals surface area contributed by atoms with Crippen molar-refractivity contribution < 1.29 is 4.79 Å². The SMILES string of the molecule is CCC(C(=O)Nc1c(C#N)cnn1C)n1cnc2sc3c(c2c1=O)CCC(C(C)(C)C)C3. The fourth-order valence-corrected chi connectivity index (χ4v) is 5.77. The number of hydrogen-bond acceptors (Lipinski definition) is 6. The minimum absolute atomic E-state index is 0.172. The first kappa shape index (κ1) is 22.2. The number of anilines is 1. The highest BCUT2D eigenvalue weighted by molar-refractivity contribution is 7.18. The van der Waals surface area contributed by atoms with Crippen LogP contribution in [0.25, 0.3) is 10.2 Å². The third-order valence-electron chi connectivity index (χ3n) is 6.55. The number of fused-ring (bicyclic) bond motifs is 3. The maximum absolute atomic E-state index is 13.5. The standard InChI is InChI=1S/C23H28N6O2S/c1-6-16(20(30)27-19-13(10-24)11-26-28(19)5)29-12-25-21-18(22(29)31)15-8-7-14(23(2,3)4)9-17(15)32-21/h11-12,14,16H,6-9H2,1-5H3,(H,27,30). The van der Waals surface area contributed by atoms with E-state index >= 15 is 0 Å². The second-order valence-corrected chi connectivity index (χ2v) is 10.6. The van der Waals surface area contributed by atoms with E-state index in [0.717, 1.165) is 29.7 Å². The summed E-state index contributed by atoms with van der Waals surface area (Å²) in [4.78, 5) is 33.2. The van der Waals surface area contributed by atoms with E-state index in [2.05, 4.69) is 36.2 Å². The summed E-state index contributed by atoms with van der Waals surface area (Å²) in [6, 6.07) is 1.29. The lowest BCUT2D eigenvalue weighted by molar-refractivity contribution is -0.119. The Morgan fingerprint density at radius 2 is 2.19 bits per heavy atom. The molecular formula is C23H28N6O2S. The topological polar surface area (TPSA) is 106 Å². The molecule has 9 heteroatoms. The van der Waals surface area contributed by atoms with E-state index < -0.39 is 6.04 Å². The molecule has 0 saturated carbocycles. The van der Waals surface area contributed by atoms with Crippen molar-refractivity contribution >= 4 is 33.3 Å². The van der Waals surface area contributed by atoms with Gasteiger partial charge in [0.15, 0.2) is 0 Å². The van der Waals surface area contributed by atoms with Crippen LogP contribution in [0.2, 0.25) is 0 Å². The van der Waals surface area contributed by atoms with Crippen molar-refractivity contribution in [2.75, 3.05) is 5.32 Å². The van der Waals surface area contributed by atoms with Gasteiger partial charge in [-0.05, 0) is 42.6 Å². The van der Waals surface area contributed by atoms with Gasteiger partial charge in [0.1, 0.15) is 28.3 Å². The van der Waals surface area contributed by atoms with Crippen molar-refractivity contribution in [2.45, 2.75) is 59.4 Å². The summed E-state index contributed by atoms with van der Waals surface area (Å²) in [6.45, 7) is 8.66. The summed E-state index contributed by atoms with van der Waals surface area (Å²) in [5, 5.41) is 16.7. The highest BCUT2D eigenvalue weighted by atomic mass is 32.1. The number of thiophene rings is 1. The highest BCUT2D eigenvalue weighted by Gasteiger charge is 2.32. The molecule has 3 aromatic rings. The number of amides is 1. The van der Waals surface area contributed by atoms with Crippen molar-refractivity contribution in [1.82, 2.24) is 19.3 Å². The first-order valence-electron chi connectivity index (χ1n) is 10.9. The quantitative estimate of drug-likeness (QED) is 0.648. The number of nitriles is 1. The zero-order chi connectivity index (χ0) is 23.2. The van der Waals surface area contributed by atoms with Gasteiger partial charge in [-0.3, -0.25) is 18.8 Å². The maximum Gasteiger partial charge on any atom is 0.263 e. The molecule has 168 valence electrons. The third-order valence-corrected chi connectivity index (χ3v) is 7.71. The molecule has 32 heavy (non-hydrogen) atoms. The number of carbonyl (C=O) groups is 1. The molecule has 0 saturated heterocycles. The zero-order valence-electron chi connectivity index (χ0n) is 19.1. The van der Waals surface area contributed by atoms with Gasteiger partial charge in [-0.2, -0.15) is 10.4 Å². The molecule has 3 aromatic heterocycles. The van der Waals surface area contributed by atoms with Gasteiger partial charge in [0.05, 0.1) is 17.9 Å². The summed E-state index contributed by atoms with van der Waals surface area (Å²) in [5.41, 5.74) is 1.43. The lowest BCUT2D eigenvalue weighted by Crippen LogP contribution is -2.34. The molecule has 3 heterocycles. The average Bonchev–Trinajstić information content (AvgIpc) is 3.29. The summed E-state index contributed by atoms with van der Waals surface area (Å²) in [5.74, 6) is 0.527. The molecule has 0 fully saturated rings. The molecule has 8 nitrogen and oxygen atoms in total. The minimum Gasteiger partial charge on any atom is -0.308 e. The minimum atomic E-state index is -0.734. The lowest BCUT2D eigenvalue weighted by atomic mass is 9.72. The summed E-state index contributed by atoms with van der Waals surface area (Å²) >= 11 is 1.61. The molecule has 2 atom stereocenters. The predicted octanol–water partition coefficient (Wildman–Crippen LogP) is 3.80. The van der Waals surface area contributed by atoms with Gasteiger partial charge in [0.25, 0.3) is 5.56 Å². The third kappa shape index (κ3) is 3.73. The number of aromatic nitrogens is 4. The molecule has 2 unspecified atom stereocenters. The molecule has 1 aliphatic carbocycles. The zero-order valence-corrected chi connectivity index (χ0v) is 19.9. The number of carbonyl (C=O) groups excluding carboxylic acids is 1. The number of aryl methyl sites for hydroxylation is 2. The second kappa shape index (κ2) is 8.17. The van der Waals surface area contributed by atoms with E-state index in [1.165, 1.54) is 26.7 Å². The molecule has 0 bridgehead atoms. The fraction of sp³-hybridized carbons (Fsp3) is 0.522. The smallest absolute Gasteiger partial charge is 0.263 e. The monoisotopic (exact) mass is 452 g/mol. The number of hydrogen-bond donors (Lipinski definition) is 1. The Balaban J connectivity index is 1.70. The van der Waals surface area contributed by atoms with Crippen molar-refractivity contribution in [1.29, 1.82) is 5.26 Å². The fourth-order valence-electron chi connectivity index (χ4n) is 4.52. The van der Waals surface area contributed by atoms with Crippen LogP contribution in [0.1, 0.15) is 62.6 Å². The van der Waals surface area contributed by atoms with Crippen LogP contribution < -0.4 is 10.9 Å². The Kier molecular flexibility index (Phi) is 5.67. The Hall–Kier alpha value is -2.99. The van der Waals surface area contributed by atoms with E-state index in [9.17, 15) is 14.9 Å². The van der Waals surface area contributed by atoms with Gasteiger partial charge >= 0.3 is 0 Å². The number of rotatable bonds is 4. The molecule has 0 spiro atoms. The van der Waals surface area contributed by atoms with Crippen molar-refractivity contribution in [3.63, 3.8) is 0 Å². The van der Waals surface area contributed by atoms with Crippen molar-refractivity contribution in [3.05, 3.63) is 38.9 Å². The van der Waals surface area contributed by atoms with Gasteiger partial charge in [-0.25, -0.2) is 4.98 Å². The van der Waals surface area contributed by atoms with E-state index in [1.54, 1.807) is 18.4 Å². The summed E-state index contributed by atoms with van der Waals surface area (Å²) < 4.78 is 2.87. The van der Waals surface area contributed by atoms with E-state index in [1.807, 2.05) is 13.0 Å². The molecule has 0 aliphatic heterocycles. The number of nitrogens with one attached hydrogen (secondary N) is 1. The molecular weight excluding hydrogens is 424 g/mol. The van der Waals surface area contributed by atoms with Crippen LogP contribution >= 0.6 is 11.3 Å². The molecule has 1 N–H and O–H groups in total. The first-order valence-corrected chi connectivity index (χ1v) is 11.7. The molecule has 1 amide bonds. The molecule has 1 aliphatic rings. The Labute approximate surface area is 190 Å². The van der Waals surface area contributed by atoms with E-state index in [4.69, 9.17) is 0 Å². The Morgan fingerprint density at radius 3 is 2.84 bits per heavy atom. The first-order chi connectivity index (χ1) is 15.2. The molecule has 0 aromatic carbocycles. The van der Waals surface area contributed by atoms with Crippen LogP contribution in [0.5, 0.6) is 0 Å². The Morgan fingerprint density at radius 1 is 1.44 bits per heavy atom. The number of nitrogens with zero attached hydrogens (tertiary/aromatic N) is 5. The second-order valence-electron chi connectivity index (χ2n) is 9.50. The van der Waals surface area contributed by atoms with E-state index in [-0.39, 0.29) is 22.4 Å². The van der Waals surface area contributed by atoms with Crippen LogP contribution in [-0.2, 0) is 24.7 Å². The van der Waals surface area contributed by atoms with Gasteiger partial charge in [0, 0.05) is 11.9 Å². The average molecular weight is 453 g/mol. The molecule has 0 radical (unpaired) electrons.